The predicted octanol–water partition coefficient (Wildman–Crippen LogP) is 10.1. The summed E-state index contributed by atoms with van der Waals surface area (Å²) in [7, 11) is 1.50. The molecule has 0 fully saturated rings. The van der Waals surface area contributed by atoms with Crippen molar-refractivity contribution in [2.45, 2.75) is 113 Å². The Labute approximate surface area is 557 Å². The number of hydrogen-bond acceptors (Lipinski definition) is 17. The fourth-order valence-corrected chi connectivity index (χ4v) is 9.78. The molecule has 0 radical (unpaired) electrons. The molecule has 0 saturated heterocycles. The van der Waals surface area contributed by atoms with Crippen molar-refractivity contribution in [3.8, 4) is 11.5 Å². The first kappa shape index (κ1) is 76.4. The Hall–Kier alpha value is -7.83. The van der Waals surface area contributed by atoms with E-state index in [-0.39, 0.29) is 63.4 Å². The van der Waals surface area contributed by atoms with E-state index in [9.17, 15) is 10.2 Å². The average molecular weight is 1320 g/mol. The molecule has 8 aromatic heterocycles. The zero-order chi connectivity index (χ0) is 60.6. The number of benzene rings is 2. The number of aromatic hydroxyl groups is 2. The molecule has 0 spiro atoms. The Bertz CT molecular complexity index is 2840. The normalized spacial score (nSPS) is 10.4. The Balaban J connectivity index is 0.000000428. The van der Waals surface area contributed by atoms with Gasteiger partial charge in [0.15, 0.2) is 0 Å². The van der Waals surface area contributed by atoms with Gasteiger partial charge < -0.3 is 32.9 Å². The largest absolute Gasteiger partial charge is 0.507 e. The Morgan fingerprint density at radius 3 is 0.578 bits per heavy atom. The van der Waals surface area contributed by atoms with E-state index in [4.69, 9.17) is 11.5 Å². The Morgan fingerprint density at radius 1 is 0.300 bits per heavy atom. The fourth-order valence-electron chi connectivity index (χ4n) is 9.78. The molecule has 0 unspecified atom stereocenters. The first-order chi connectivity index (χ1) is 42.3. The molecule has 0 aliphatic carbocycles. The summed E-state index contributed by atoms with van der Waals surface area (Å²) >= 11 is 0. The van der Waals surface area contributed by atoms with E-state index in [0.29, 0.717) is 91.6 Å². The van der Waals surface area contributed by atoms with Gasteiger partial charge in [0.25, 0.3) is 0 Å². The molecule has 2 aromatic carbocycles. The quantitative estimate of drug-likeness (QED) is 0.0316. The van der Waals surface area contributed by atoms with Crippen LogP contribution in [0.5, 0.6) is 11.5 Å². The average Bonchev–Trinajstić information content (AvgIpc) is 2.08. The summed E-state index contributed by atoms with van der Waals surface area (Å²) in [6.07, 6.45) is 14.4. The Morgan fingerprint density at radius 2 is 0.456 bits per heavy atom. The van der Waals surface area contributed by atoms with Gasteiger partial charge in [-0.15, -0.1) is 0 Å². The number of pyridine rings is 8. The third-order valence-electron chi connectivity index (χ3n) is 13.6. The summed E-state index contributed by atoms with van der Waals surface area (Å²) in [6, 6.07) is 55.4. The van der Waals surface area contributed by atoms with Gasteiger partial charge in [0.05, 0.1) is 45.6 Å². The van der Waals surface area contributed by atoms with Gasteiger partial charge in [-0.05, 0) is 140 Å². The summed E-state index contributed by atoms with van der Waals surface area (Å²) in [5.41, 5.74) is 29.7. The van der Waals surface area contributed by atoms with Gasteiger partial charge in [0.2, 0.25) is 0 Å². The molecule has 20 heteroatoms. The smallest absolute Gasteiger partial charge is 0.124 e. The van der Waals surface area contributed by atoms with E-state index in [1.54, 1.807) is 49.6 Å². The maximum absolute atomic E-state index is 11.6. The Kier molecular flexibility index (Phi) is 36.5. The van der Waals surface area contributed by atoms with Gasteiger partial charge in [-0.3, -0.25) is 59.5 Å². The van der Waals surface area contributed by atoms with Crippen molar-refractivity contribution < 1.29 is 54.6 Å². The molecule has 0 bridgehead atoms. The number of nitrogens with two attached hydrogens (primary N) is 3. The first-order valence-electron chi connectivity index (χ1n) is 29.1. The monoisotopic (exact) mass is 1310 g/mol. The van der Waals surface area contributed by atoms with E-state index in [1.807, 2.05) is 184 Å². The van der Waals surface area contributed by atoms with Crippen molar-refractivity contribution in [1.82, 2.24) is 59.5 Å². The van der Waals surface area contributed by atoms with Crippen LogP contribution in [0.25, 0.3) is 0 Å². The first-order valence-corrected chi connectivity index (χ1v) is 29.1. The number of hydrogen-bond donors (Lipinski definition) is 5. The molecule has 10 aromatic rings. The third-order valence-corrected chi connectivity index (χ3v) is 13.6. The second-order valence-electron chi connectivity index (χ2n) is 20.1. The van der Waals surface area contributed by atoms with Crippen molar-refractivity contribution in [2.75, 3.05) is 7.05 Å². The van der Waals surface area contributed by atoms with Gasteiger partial charge in [-0.1, -0.05) is 69.8 Å². The maximum atomic E-state index is 11.6. The van der Waals surface area contributed by atoms with Crippen LogP contribution in [0, 0.1) is 0 Å². The molecule has 0 aliphatic heterocycles. The zero-order valence-electron chi connectivity index (χ0n) is 51.6. The minimum absolute atomic E-state index is 0. The van der Waals surface area contributed by atoms with Crippen molar-refractivity contribution in [1.29, 1.82) is 0 Å². The molecule has 10 N–H and O–H groups in total. The summed E-state index contributed by atoms with van der Waals surface area (Å²) in [6.45, 7) is 11.7. The van der Waals surface area contributed by atoms with E-state index in [2.05, 4.69) is 65.2 Å². The van der Waals surface area contributed by atoms with Crippen LogP contribution in [-0.2, 0) is 131 Å². The van der Waals surface area contributed by atoms with E-state index in [1.165, 1.54) is 7.05 Å². The summed E-state index contributed by atoms with van der Waals surface area (Å²) in [4.78, 5) is 45.2. The van der Waals surface area contributed by atoms with E-state index >= 15 is 0 Å². The second-order valence-corrected chi connectivity index (χ2v) is 20.1. The summed E-state index contributed by atoms with van der Waals surface area (Å²) < 4.78 is 0. The van der Waals surface area contributed by atoms with Crippen LogP contribution in [0.3, 0.4) is 0 Å². The molecule has 90 heavy (non-hydrogen) atoms. The maximum Gasteiger partial charge on any atom is 0.124 e. The van der Waals surface area contributed by atoms with E-state index < -0.39 is 0 Å². The molecule has 0 atom stereocenters. The molecular weight excluding hydrogens is 1230 g/mol. The van der Waals surface area contributed by atoms with Crippen LogP contribution < -0.4 is 17.2 Å². The minimum Gasteiger partial charge on any atom is -0.507 e. The number of rotatable bonds is 26. The second kappa shape index (κ2) is 43.0. The van der Waals surface area contributed by atoms with Crippen molar-refractivity contribution in [2.24, 2.45) is 17.2 Å². The molecular formula is C70H87N15O3Zn2. The van der Waals surface area contributed by atoms with Crippen molar-refractivity contribution in [3.63, 3.8) is 0 Å². The van der Waals surface area contributed by atoms with Crippen LogP contribution in [0.4, 0.5) is 0 Å². The number of nitrogens with zero attached hydrogens (tertiary/aromatic N) is 12. The topological polar surface area (TPSA) is 266 Å². The number of phenolic OH excluding ortho intramolecular Hbond substituents is 2. The van der Waals surface area contributed by atoms with Gasteiger partial charge in [0, 0.05) is 202 Å². The van der Waals surface area contributed by atoms with Crippen LogP contribution in [-0.4, -0.2) is 82.2 Å². The van der Waals surface area contributed by atoms with Gasteiger partial charge >= 0.3 is 0 Å². The zero-order valence-corrected chi connectivity index (χ0v) is 57.5. The number of phenols is 2. The van der Waals surface area contributed by atoms with Crippen LogP contribution >= 0.6 is 0 Å². The molecule has 8 heterocycles. The fraction of sp³-hybridized carbons (Fsp3) is 0.257. The molecule has 0 amide bonds. The van der Waals surface area contributed by atoms with Crippen molar-refractivity contribution >= 4 is 0 Å². The van der Waals surface area contributed by atoms with Gasteiger partial charge in [0.1, 0.15) is 11.5 Å². The third kappa shape index (κ3) is 25.6. The SMILES string of the molecule is C.CC.CN.NCc1cc(CN(Cc2ccccn2)Cc2ccccn2)c(O)c(CN(Cc2ccccn2)Cc2ccccn2)c1.NCc1cc(CN(Cc2ccccn2)Cc2ccccn2)c(O)c(CN(Cc2ccccn2)Cc2ccccn2)c1.O.[Zn].[Zn]. The predicted molar refractivity (Wildman–Crippen MR) is 350 cm³/mol. The molecule has 10 rings (SSSR count). The van der Waals surface area contributed by atoms with Crippen LogP contribution in [0.2, 0.25) is 0 Å². The molecule has 0 aliphatic rings. The molecule has 18 nitrogen and oxygen atoms in total. The van der Waals surface area contributed by atoms with Gasteiger partial charge in [-0.25, -0.2) is 0 Å². The van der Waals surface area contributed by atoms with Crippen LogP contribution in [0.15, 0.2) is 219 Å². The van der Waals surface area contributed by atoms with Crippen LogP contribution in [0.1, 0.15) is 100 Å². The minimum atomic E-state index is 0. The standard InChI is InChI=1S/2C33H35N7O.C2H6.CH5N.CH4.H2O.2Zn/c2*34-19-26-17-27(20-39(22-29-9-1-5-13-35-29)23-30-10-2-6-14-36-30)33(41)28(18-26)21-40(24-31-11-3-7-15-37-31)25-32-12-4-8-16-38-32;2*1-2;;;;/h2*1-18,41H,19-25,34H2;1-2H3;2H2,1H3;1H4;1H2;;. The van der Waals surface area contributed by atoms with Gasteiger partial charge in [-0.2, -0.15) is 0 Å². The summed E-state index contributed by atoms with van der Waals surface area (Å²) in [5.74, 6) is 0.558. The van der Waals surface area contributed by atoms with E-state index in [0.717, 1.165) is 78.9 Å². The molecule has 464 valence electrons. The molecule has 0 saturated carbocycles. The van der Waals surface area contributed by atoms with Crippen molar-refractivity contribution in [3.05, 3.63) is 298 Å². The summed E-state index contributed by atoms with van der Waals surface area (Å²) in [5, 5.41) is 23.2. The number of aromatic nitrogens is 8.